The third-order valence-electron chi connectivity index (χ3n) is 7.90. The van der Waals surface area contributed by atoms with Crippen molar-refractivity contribution in [2.75, 3.05) is 45.8 Å². The van der Waals surface area contributed by atoms with Gasteiger partial charge in [-0.05, 0) is 68.3 Å². The Labute approximate surface area is 210 Å². The fourth-order valence-corrected chi connectivity index (χ4v) is 6.12. The van der Waals surface area contributed by atoms with Crippen LogP contribution in [0.4, 0.5) is 4.39 Å². The summed E-state index contributed by atoms with van der Waals surface area (Å²) in [4.78, 5) is 33.7. The second-order valence-corrected chi connectivity index (χ2v) is 11.2. The maximum Gasteiger partial charge on any atom is 0.254 e. The molecule has 1 aromatic carbocycles. The summed E-state index contributed by atoms with van der Waals surface area (Å²) in [5.74, 6) is 0.761. The van der Waals surface area contributed by atoms with Gasteiger partial charge in [-0.2, -0.15) is 0 Å². The molecule has 194 valence electrons. The second-order valence-electron chi connectivity index (χ2n) is 11.2. The fraction of sp³-hybridized carbons (Fsp3) is 0.714. The first-order valence-electron chi connectivity index (χ1n) is 13.7. The smallest absolute Gasteiger partial charge is 0.254 e. The molecule has 3 aliphatic rings. The van der Waals surface area contributed by atoms with Gasteiger partial charge in [0.25, 0.3) is 5.91 Å². The average molecular weight is 487 g/mol. The molecule has 2 heterocycles. The van der Waals surface area contributed by atoms with E-state index < -0.39 is 6.04 Å². The number of nitrogens with one attached hydrogen (secondary N) is 1. The summed E-state index contributed by atoms with van der Waals surface area (Å²) in [5.41, 5.74) is 0.449. The van der Waals surface area contributed by atoms with Crippen molar-refractivity contribution in [2.24, 2.45) is 11.8 Å². The number of likely N-dealkylation sites (tertiary alicyclic amines) is 1. The molecule has 4 rings (SSSR count). The molecule has 1 saturated carbocycles. The fourth-order valence-electron chi connectivity index (χ4n) is 6.12. The van der Waals surface area contributed by atoms with Gasteiger partial charge in [0.2, 0.25) is 5.91 Å². The van der Waals surface area contributed by atoms with Crippen molar-refractivity contribution >= 4 is 11.8 Å². The zero-order valence-corrected chi connectivity index (χ0v) is 21.6. The normalized spacial score (nSPS) is 24.3. The topological polar surface area (TPSA) is 55.9 Å². The molecule has 2 aliphatic heterocycles. The van der Waals surface area contributed by atoms with Gasteiger partial charge in [-0.15, -0.1) is 0 Å². The number of rotatable bonds is 7. The van der Waals surface area contributed by atoms with Gasteiger partial charge in [-0.1, -0.05) is 33.1 Å². The zero-order chi connectivity index (χ0) is 24.8. The van der Waals surface area contributed by atoms with Crippen LogP contribution in [-0.4, -0.2) is 84.4 Å². The summed E-state index contributed by atoms with van der Waals surface area (Å²) in [7, 11) is 0. The first-order valence-corrected chi connectivity index (χ1v) is 13.7. The molecule has 35 heavy (non-hydrogen) atoms. The molecule has 2 saturated heterocycles. The third-order valence-corrected chi connectivity index (χ3v) is 7.90. The van der Waals surface area contributed by atoms with Crippen LogP contribution in [0.15, 0.2) is 24.3 Å². The van der Waals surface area contributed by atoms with E-state index in [1.165, 1.54) is 56.4 Å². The number of nitrogens with zero attached hydrogens (tertiary/aromatic N) is 3. The number of halogens is 1. The lowest BCUT2D eigenvalue weighted by atomic mass is 9.88. The van der Waals surface area contributed by atoms with Crippen LogP contribution in [0.2, 0.25) is 0 Å². The molecule has 3 fully saturated rings. The molecule has 6 nitrogen and oxygen atoms in total. The van der Waals surface area contributed by atoms with Crippen LogP contribution in [0, 0.1) is 17.7 Å². The van der Waals surface area contributed by atoms with Gasteiger partial charge in [0.15, 0.2) is 0 Å². The maximum absolute atomic E-state index is 13.8. The highest BCUT2D eigenvalue weighted by Gasteiger charge is 2.44. The molecule has 1 aromatic rings. The van der Waals surface area contributed by atoms with E-state index in [9.17, 15) is 14.0 Å². The van der Waals surface area contributed by atoms with Crippen LogP contribution in [0.25, 0.3) is 0 Å². The highest BCUT2D eigenvalue weighted by molar-refractivity contribution is 5.98. The van der Waals surface area contributed by atoms with E-state index in [1.54, 1.807) is 4.90 Å². The second kappa shape index (κ2) is 12.3. The zero-order valence-electron chi connectivity index (χ0n) is 21.6. The van der Waals surface area contributed by atoms with Gasteiger partial charge >= 0.3 is 0 Å². The van der Waals surface area contributed by atoms with Crippen molar-refractivity contribution in [1.82, 2.24) is 20.0 Å². The predicted octanol–water partition coefficient (Wildman–Crippen LogP) is 3.77. The number of amides is 2. The minimum Gasteiger partial charge on any atom is -0.340 e. The number of benzene rings is 1. The minimum absolute atomic E-state index is 0.0637. The maximum atomic E-state index is 13.8. The number of hydrogen-bond acceptors (Lipinski definition) is 4. The van der Waals surface area contributed by atoms with Gasteiger partial charge in [-0.25, -0.2) is 4.39 Å². The number of carbonyl (C=O) groups is 2. The Bertz CT molecular complexity index is 832. The van der Waals surface area contributed by atoms with E-state index in [1.807, 2.05) is 4.90 Å². The molecule has 7 heteroatoms. The Hall–Kier alpha value is -1.99. The molecule has 1 N–H and O–H groups in total. The number of hydrogen-bond donors (Lipinski definition) is 1. The van der Waals surface area contributed by atoms with E-state index in [-0.39, 0.29) is 23.7 Å². The first kappa shape index (κ1) is 26.1. The van der Waals surface area contributed by atoms with E-state index in [4.69, 9.17) is 0 Å². The Kier molecular flexibility index (Phi) is 9.17. The van der Waals surface area contributed by atoms with Crippen molar-refractivity contribution in [3.63, 3.8) is 0 Å². The van der Waals surface area contributed by atoms with Gasteiger partial charge < -0.3 is 15.1 Å². The number of carbonyl (C=O) groups excluding carboxylic acids is 2. The quantitative estimate of drug-likeness (QED) is 0.638. The Morgan fingerprint density at radius 3 is 2.51 bits per heavy atom. The van der Waals surface area contributed by atoms with Gasteiger partial charge in [-0.3, -0.25) is 14.5 Å². The summed E-state index contributed by atoms with van der Waals surface area (Å²) in [6.07, 6.45) is 8.12. The van der Waals surface area contributed by atoms with Crippen LogP contribution in [0.1, 0.15) is 69.2 Å². The van der Waals surface area contributed by atoms with E-state index in [2.05, 4.69) is 24.1 Å². The van der Waals surface area contributed by atoms with Crippen LogP contribution in [-0.2, 0) is 4.79 Å². The first-order chi connectivity index (χ1) is 16.9. The molecule has 2 amide bonds. The lowest BCUT2D eigenvalue weighted by Crippen LogP contribution is -2.48. The van der Waals surface area contributed by atoms with Crippen LogP contribution in [0.3, 0.4) is 0 Å². The molecule has 0 bridgehead atoms. The molecule has 2 unspecified atom stereocenters. The summed E-state index contributed by atoms with van der Waals surface area (Å²) in [6, 6.07) is 5.44. The molecule has 0 aromatic heterocycles. The van der Waals surface area contributed by atoms with Gasteiger partial charge in [0, 0.05) is 50.9 Å². The van der Waals surface area contributed by atoms with Crippen molar-refractivity contribution in [3.05, 3.63) is 35.6 Å². The lowest BCUT2D eigenvalue weighted by molar-refractivity contribution is -0.135. The van der Waals surface area contributed by atoms with Crippen molar-refractivity contribution in [3.8, 4) is 0 Å². The summed E-state index contributed by atoms with van der Waals surface area (Å²) in [6.45, 7) is 10.2. The average Bonchev–Trinajstić information content (AvgIpc) is 3.11. The van der Waals surface area contributed by atoms with E-state index in [0.29, 0.717) is 36.9 Å². The Balaban J connectivity index is 1.56. The van der Waals surface area contributed by atoms with E-state index >= 15 is 0 Å². The largest absolute Gasteiger partial charge is 0.340 e. The SMILES string of the molecule is CC(C)CN(CC1CCCCC1)C1CC(C(=O)N2CCCNCC2)N(C(=O)c2ccc(F)cc2)C1. The van der Waals surface area contributed by atoms with Crippen LogP contribution in [0.5, 0.6) is 0 Å². The molecule has 0 spiro atoms. The highest BCUT2D eigenvalue weighted by Crippen LogP contribution is 2.30. The molecule has 0 radical (unpaired) electrons. The van der Waals surface area contributed by atoms with E-state index in [0.717, 1.165) is 39.1 Å². The summed E-state index contributed by atoms with van der Waals surface area (Å²) in [5, 5.41) is 3.36. The molecular weight excluding hydrogens is 443 g/mol. The van der Waals surface area contributed by atoms with Crippen molar-refractivity contribution in [2.45, 2.75) is 70.9 Å². The highest BCUT2D eigenvalue weighted by atomic mass is 19.1. The minimum atomic E-state index is -0.461. The summed E-state index contributed by atoms with van der Waals surface area (Å²) >= 11 is 0. The molecule has 2 atom stereocenters. The Morgan fingerprint density at radius 2 is 1.80 bits per heavy atom. The molecule has 1 aliphatic carbocycles. The summed E-state index contributed by atoms with van der Waals surface area (Å²) < 4.78 is 13.5. The van der Waals surface area contributed by atoms with Crippen LogP contribution >= 0.6 is 0 Å². The standard InChI is InChI=1S/C28H43FN4O2/c1-21(2)18-32(19-22-7-4-3-5-8-22)25-17-26(28(35)31-15-6-13-30-14-16-31)33(20-25)27(34)23-9-11-24(29)12-10-23/h9-12,21-22,25-26,30H,3-8,13-20H2,1-2H3. The lowest BCUT2D eigenvalue weighted by Gasteiger charge is -2.35. The van der Waals surface area contributed by atoms with Crippen molar-refractivity contribution in [1.29, 1.82) is 0 Å². The van der Waals surface area contributed by atoms with Gasteiger partial charge in [0.1, 0.15) is 11.9 Å². The molecular formula is C28H43FN4O2. The monoisotopic (exact) mass is 486 g/mol. The van der Waals surface area contributed by atoms with Crippen molar-refractivity contribution < 1.29 is 14.0 Å². The van der Waals surface area contributed by atoms with Crippen LogP contribution < -0.4 is 5.32 Å². The Morgan fingerprint density at radius 1 is 1.06 bits per heavy atom. The predicted molar refractivity (Wildman–Crippen MR) is 137 cm³/mol. The van der Waals surface area contributed by atoms with Gasteiger partial charge in [0.05, 0.1) is 0 Å². The third kappa shape index (κ3) is 6.82.